The number of nitrogens with zero attached hydrogens (tertiary/aromatic N) is 3. The van der Waals surface area contributed by atoms with E-state index >= 15 is 0 Å². The van der Waals surface area contributed by atoms with Crippen molar-refractivity contribution in [3.63, 3.8) is 0 Å². The second-order valence-electron chi connectivity index (χ2n) is 9.11. The third-order valence-corrected chi connectivity index (χ3v) is 6.20. The molecule has 2 N–H and O–H groups in total. The third kappa shape index (κ3) is 8.86. The van der Waals surface area contributed by atoms with E-state index in [1.807, 2.05) is 0 Å². The predicted octanol–water partition coefficient (Wildman–Crippen LogP) is 3.46. The smallest absolute Gasteiger partial charge is 0.191 e. The van der Waals surface area contributed by atoms with Crippen LogP contribution in [0, 0.1) is 0 Å². The fourth-order valence-corrected chi connectivity index (χ4v) is 4.22. The van der Waals surface area contributed by atoms with Gasteiger partial charge in [0.1, 0.15) is 0 Å². The molecule has 0 saturated carbocycles. The van der Waals surface area contributed by atoms with Gasteiger partial charge in [-0.3, -0.25) is 9.80 Å². The highest BCUT2D eigenvalue weighted by molar-refractivity contribution is 14.0. The van der Waals surface area contributed by atoms with Gasteiger partial charge in [-0.25, -0.2) is 4.99 Å². The lowest BCUT2D eigenvalue weighted by molar-refractivity contribution is -0.00834. The van der Waals surface area contributed by atoms with Crippen LogP contribution in [0.25, 0.3) is 0 Å². The quantitative estimate of drug-likeness (QED) is 0.299. The van der Waals surface area contributed by atoms with E-state index in [1.54, 1.807) is 0 Å². The maximum atomic E-state index is 5.50. The van der Waals surface area contributed by atoms with Gasteiger partial charge in [0.25, 0.3) is 0 Å². The standard InChI is InChI=1S/C24H41N5O.HI/c1-4-25-23(27-20-24(2,3)29-14-16-30-17-15-29)26-18-21-8-10-22(11-9-21)19-28-12-6-5-7-13-28;/h8-11H,4-7,12-20H2,1-3H3,(H2,25,26,27);1H. The van der Waals surface area contributed by atoms with Gasteiger partial charge in [-0.2, -0.15) is 0 Å². The zero-order chi connectivity index (χ0) is 21.2. The zero-order valence-electron chi connectivity index (χ0n) is 19.7. The van der Waals surface area contributed by atoms with E-state index in [0.717, 1.165) is 51.9 Å². The van der Waals surface area contributed by atoms with Crippen LogP contribution in [-0.4, -0.2) is 73.8 Å². The van der Waals surface area contributed by atoms with E-state index in [2.05, 4.69) is 65.5 Å². The van der Waals surface area contributed by atoms with Crippen LogP contribution in [0.1, 0.15) is 51.2 Å². The van der Waals surface area contributed by atoms with Gasteiger partial charge in [0.2, 0.25) is 0 Å². The molecule has 0 atom stereocenters. The van der Waals surface area contributed by atoms with E-state index in [1.165, 1.54) is 43.5 Å². The molecule has 1 aromatic rings. The van der Waals surface area contributed by atoms with E-state index in [-0.39, 0.29) is 29.5 Å². The van der Waals surface area contributed by atoms with E-state index in [9.17, 15) is 0 Å². The highest BCUT2D eigenvalue weighted by Gasteiger charge is 2.28. The van der Waals surface area contributed by atoms with Crippen molar-refractivity contribution in [3.05, 3.63) is 35.4 Å². The molecular weight excluding hydrogens is 501 g/mol. The molecule has 0 aromatic heterocycles. The first-order valence-corrected chi connectivity index (χ1v) is 11.7. The second kappa shape index (κ2) is 13.6. The monoisotopic (exact) mass is 543 g/mol. The van der Waals surface area contributed by atoms with Gasteiger partial charge < -0.3 is 15.4 Å². The minimum absolute atomic E-state index is 0. The molecule has 31 heavy (non-hydrogen) atoms. The molecule has 2 aliphatic rings. The van der Waals surface area contributed by atoms with Crippen molar-refractivity contribution in [3.8, 4) is 0 Å². The number of piperidine rings is 1. The number of benzene rings is 1. The van der Waals surface area contributed by atoms with Crippen LogP contribution in [0.15, 0.2) is 29.3 Å². The molecule has 6 nitrogen and oxygen atoms in total. The van der Waals surface area contributed by atoms with Crippen molar-refractivity contribution in [2.45, 2.75) is 58.7 Å². The Bertz CT molecular complexity index is 652. The first-order valence-electron chi connectivity index (χ1n) is 11.7. The molecule has 7 heteroatoms. The molecule has 2 fully saturated rings. The SMILES string of the molecule is CCNC(=NCc1ccc(CN2CCCCC2)cc1)NCC(C)(C)N1CCOCC1.I. The van der Waals surface area contributed by atoms with Crippen LogP contribution in [0.5, 0.6) is 0 Å². The number of rotatable bonds is 8. The van der Waals surface area contributed by atoms with Crippen molar-refractivity contribution in [2.24, 2.45) is 4.99 Å². The average molecular weight is 544 g/mol. The Labute approximate surface area is 206 Å². The largest absolute Gasteiger partial charge is 0.379 e. The summed E-state index contributed by atoms with van der Waals surface area (Å²) in [5.41, 5.74) is 2.72. The lowest BCUT2D eigenvalue weighted by Gasteiger charge is -2.41. The van der Waals surface area contributed by atoms with Gasteiger partial charge in [0, 0.05) is 38.3 Å². The fraction of sp³-hybridized carbons (Fsp3) is 0.708. The summed E-state index contributed by atoms with van der Waals surface area (Å²) in [6.07, 6.45) is 4.07. The Balaban J connectivity index is 0.00000341. The Hall–Kier alpha value is -0.900. The number of aliphatic imine (C=N–C) groups is 1. The molecular formula is C24H42IN5O. The summed E-state index contributed by atoms with van der Waals surface area (Å²) in [6.45, 7) is 16.3. The van der Waals surface area contributed by atoms with Gasteiger partial charge in [0.15, 0.2) is 5.96 Å². The van der Waals surface area contributed by atoms with Crippen LogP contribution in [0.4, 0.5) is 0 Å². The number of hydrogen-bond donors (Lipinski definition) is 2. The molecule has 176 valence electrons. The van der Waals surface area contributed by atoms with Gasteiger partial charge in [0.05, 0.1) is 19.8 Å². The molecule has 2 saturated heterocycles. The number of nitrogens with one attached hydrogen (secondary N) is 2. The predicted molar refractivity (Wildman–Crippen MR) is 140 cm³/mol. The minimum atomic E-state index is 0. The highest BCUT2D eigenvalue weighted by Crippen LogP contribution is 2.16. The van der Waals surface area contributed by atoms with Gasteiger partial charge in [-0.15, -0.1) is 24.0 Å². The summed E-state index contributed by atoms with van der Waals surface area (Å²) in [4.78, 5) is 9.88. The molecule has 0 aliphatic carbocycles. The molecule has 0 spiro atoms. The summed E-state index contributed by atoms with van der Waals surface area (Å²) in [5.74, 6) is 0.885. The normalized spacial score (nSPS) is 19.0. The van der Waals surface area contributed by atoms with Crippen LogP contribution >= 0.6 is 24.0 Å². The van der Waals surface area contributed by atoms with Crippen molar-refractivity contribution in [1.29, 1.82) is 0 Å². The molecule has 2 aliphatic heterocycles. The van der Waals surface area contributed by atoms with Crippen molar-refractivity contribution in [2.75, 3.05) is 52.5 Å². The van der Waals surface area contributed by atoms with Crippen molar-refractivity contribution < 1.29 is 4.74 Å². The molecule has 2 heterocycles. The first-order chi connectivity index (χ1) is 14.6. The Morgan fingerprint density at radius 3 is 2.26 bits per heavy atom. The zero-order valence-corrected chi connectivity index (χ0v) is 22.0. The summed E-state index contributed by atoms with van der Waals surface area (Å²) in [5, 5.41) is 6.93. The fourth-order valence-electron chi connectivity index (χ4n) is 4.22. The number of halogens is 1. The number of likely N-dealkylation sites (tertiary alicyclic amines) is 1. The number of guanidine groups is 1. The molecule has 0 radical (unpaired) electrons. The van der Waals surface area contributed by atoms with Crippen LogP contribution in [-0.2, 0) is 17.8 Å². The maximum Gasteiger partial charge on any atom is 0.191 e. The lowest BCUT2D eigenvalue weighted by Crippen LogP contribution is -2.56. The third-order valence-electron chi connectivity index (χ3n) is 6.20. The van der Waals surface area contributed by atoms with E-state index < -0.39 is 0 Å². The Morgan fingerprint density at radius 1 is 0.968 bits per heavy atom. The highest BCUT2D eigenvalue weighted by atomic mass is 127. The summed E-state index contributed by atoms with van der Waals surface area (Å²) in [6, 6.07) is 8.98. The van der Waals surface area contributed by atoms with Crippen LogP contribution < -0.4 is 10.6 Å². The average Bonchev–Trinajstić information content (AvgIpc) is 2.78. The summed E-state index contributed by atoms with van der Waals surface area (Å²) in [7, 11) is 0. The van der Waals surface area contributed by atoms with Gasteiger partial charge >= 0.3 is 0 Å². The van der Waals surface area contributed by atoms with Crippen LogP contribution in [0.2, 0.25) is 0 Å². The molecule has 0 bridgehead atoms. The lowest BCUT2D eigenvalue weighted by atomic mass is 10.0. The Morgan fingerprint density at radius 2 is 1.61 bits per heavy atom. The Kier molecular flexibility index (Phi) is 11.6. The first kappa shape index (κ1) is 26.4. The molecule has 3 rings (SSSR count). The van der Waals surface area contributed by atoms with Crippen molar-refractivity contribution >= 4 is 29.9 Å². The topological polar surface area (TPSA) is 52.1 Å². The van der Waals surface area contributed by atoms with Crippen LogP contribution in [0.3, 0.4) is 0 Å². The summed E-state index contributed by atoms with van der Waals surface area (Å²) >= 11 is 0. The minimum Gasteiger partial charge on any atom is -0.379 e. The molecule has 1 aromatic carbocycles. The molecule has 0 unspecified atom stereocenters. The number of ether oxygens (including phenoxy) is 1. The number of morpholine rings is 1. The van der Waals surface area contributed by atoms with E-state index in [4.69, 9.17) is 9.73 Å². The van der Waals surface area contributed by atoms with Gasteiger partial charge in [-0.05, 0) is 57.8 Å². The maximum absolute atomic E-state index is 5.50. The van der Waals surface area contributed by atoms with Gasteiger partial charge in [-0.1, -0.05) is 30.7 Å². The second-order valence-corrected chi connectivity index (χ2v) is 9.11. The summed E-state index contributed by atoms with van der Waals surface area (Å²) < 4.78 is 5.50. The van der Waals surface area contributed by atoms with Crippen molar-refractivity contribution in [1.82, 2.24) is 20.4 Å². The van der Waals surface area contributed by atoms with E-state index in [0.29, 0.717) is 6.54 Å². The molecule has 0 amide bonds. The number of hydrogen-bond acceptors (Lipinski definition) is 4.